The number of benzene rings is 1. The van der Waals surface area contributed by atoms with Crippen LogP contribution in [0.2, 0.25) is 0 Å². The number of fused-ring (bicyclic) bond motifs is 2. The highest BCUT2D eigenvalue weighted by molar-refractivity contribution is 6.09. The molecule has 0 bridgehead atoms. The molecule has 4 heterocycles. The minimum absolute atomic E-state index is 0.00894. The molecule has 0 aliphatic rings. The molecule has 0 fully saturated rings. The van der Waals surface area contributed by atoms with Gasteiger partial charge >= 0.3 is 0 Å². The molecule has 34 heavy (non-hydrogen) atoms. The molecule has 0 spiro atoms. The number of carbonyl (C=O) groups excluding carboxylic acids is 2. The number of nitrogens with zero attached hydrogens (tertiary/aromatic N) is 4. The molecule has 1 aromatic carbocycles. The van der Waals surface area contributed by atoms with E-state index < -0.39 is 11.8 Å². The third kappa shape index (κ3) is 3.48. The van der Waals surface area contributed by atoms with Crippen LogP contribution >= 0.6 is 0 Å². The Morgan fingerprint density at radius 2 is 1.82 bits per heavy atom. The molecule has 0 aliphatic carbocycles. The van der Waals surface area contributed by atoms with E-state index in [9.17, 15) is 14.4 Å². The van der Waals surface area contributed by atoms with E-state index in [1.165, 1.54) is 17.0 Å². The smallest absolute Gasteiger partial charge is 0.290 e. The number of carbonyl (C=O) groups is 2. The molecule has 170 valence electrons. The van der Waals surface area contributed by atoms with Crippen molar-refractivity contribution in [1.82, 2.24) is 30.8 Å². The lowest BCUT2D eigenvalue weighted by Crippen LogP contribution is -2.43. The van der Waals surface area contributed by atoms with Crippen LogP contribution in [0.3, 0.4) is 0 Å². The van der Waals surface area contributed by atoms with Gasteiger partial charge in [-0.3, -0.25) is 25.2 Å². The molecular formula is C23H18N6O5. The van der Waals surface area contributed by atoms with E-state index >= 15 is 0 Å². The average molecular weight is 458 g/mol. The standard InChI is InChI=1S/C23H18N6O5/c1-3-29-23(32)14-8-5-4-7-13(14)19(27-29)21(31)26-25-20(30)15-11-16(17-9-6-10-33-17)24-22-18(15)12(2)28-34-22/h4-11H,3H2,1-2H3,(H,25,30)(H,26,31). The second kappa shape index (κ2) is 8.28. The SMILES string of the molecule is CCn1nc(C(=O)NNC(=O)c2cc(-c3ccco3)nc3onc(C)c23)c2ccccc2c1=O. The Kier molecular flexibility index (Phi) is 5.13. The van der Waals surface area contributed by atoms with Gasteiger partial charge in [-0.05, 0) is 38.1 Å². The fraction of sp³-hybridized carbons (Fsp3) is 0.130. The number of rotatable bonds is 4. The van der Waals surface area contributed by atoms with Gasteiger partial charge < -0.3 is 8.94 Å². The normalized spacial score (nSPS) is 11.1. The van der Waals surface area contributed by atoms with Gasteiger partial charge in [-0.25, -0.2) is 9.67 Å². The zero-order valence-corrected chi connectivity index (χ0v) is 18.2. The molecule has 4 aromatic heterocycles. The molecule has 11 nitrogen and oxygen atoms in total. The third-order valence-electron chi connectivity index (χ3n) is 5.31. The number of aryl methyl sites for hydroxylation is 2. The lowest BCUT2D eigenvalue weighted by molar-refractivity contribution is 0.0844. The van der Waals surface area contributed by atoms with E-state index in [0.29, 0.717) is 33.3 Å². The number of hydrogen-bond acceptors (Lipinski definition) is 8. The van der Waals surface area contributed by atoms with Gasteiger partial charge in [0.15, 0.2) is 11.5 Å². The molecule has 11 heteroatoms. The number of furan rings is 1. The van der Waals surface area contributed by atoms with Crippen LogP contribution in [0.4, 0.5) is 0 Å². The summed E-state index contributed by atoms with van der Waals surface area (Å²) in [5, 5.41) is 9.20. The Labute approximate surface area is 191 Å². The van der Waals surface area contributed by atoms with Crippen molar-refractivity contribution in [2.45, 2.75) is 20.4 Å². The van der Waals surface area contributed by atoms with Crippen molar-refractivity contribution in [2.24, 2.45) is 0 Å². The molecule has 2 N–H and O–H groups in total. The van der Waals surface area contributed by atoms with Crippen molar-refractivity contribution in [3.05, 3.63) is 76.0 Å². The first kappa shape index (κ1) is 21.1. The molecule has 5 rings (SSSR count). The van der Waals surface area contributed by atoms with Crippen LogP contribution in [0.5, 0.6) is 0 Å². The maximum Gasteiger partial charge on any atom is 0.290 e. The summed E-state index contributed by atoms with van der Waals surface area (Å²) in [6.07, 6.45) is 1.49. The van der Waals surface area contributed by atoms with Crippen molar-refractivity contribution < 1.29 is 18.5 Å². The molecule has 2 amide bonds. The van der Waals surface area contributed by atoms with Crippen molar-refractivity contribution >= 4 is 33.7 Å². The monoisotopic (exact) mass is 458 g/mol. The van der Waals surface area contributed by atoms with E-state index in [1.807, 2.05) is 0 Å². The Balaban J connectivity index is 1.48. The Bertz CT molecular complexity index is 1620. The van der Waals surface area contributed by atoms with Crippen molar-refractivity contribution in [2.75, 3.05) is 0 Å². The highest BCUT2D eigenvalue weighted by Gasteiger charge is 2.22. The van der Waals surface area contributed by atoms with Crippen molar-refractivity contribution in [3.63, 3.8) is 0 Å². The highest BCUT2D eigenvalue weighted by atomic mass is 16.5. The fourth-order valence-electron chi connectivity index (χ4n) is 3.68. The predicted octanol–water partition coefficient (Wildman–Crippen LogP) is 2.60. The first-order valence-electron chi connectivity index (χ1n) is 10.4. The fourth-order valence-corrected chi connectivity index (χ4v) is 3.68. The maximum absolute atomic E-state index is 13.1. The topological polar surface area (TPSA) is 145 Å². The van der Waals surface area contributed by atoms with Gasteiger partial charge in [0.2, 0.25) is 0 Å². The van der Waals surface area contributed by atoms with Gasteiger partial charge in [-0.1, -0.05) is 23.4 Å². The van der Waals surface area contributed by atoms with Crippen LogP contribution in [0, 0.1) is 6.92 Å². The first-order valence-corrected chi connectivity index (χ1v) is 10.4. The Morgan fingerprint density at radius 1 is 1.06 bits per heavy atom. The Morgan fingerprint density at radius 3 is 2.56 bits per heavy atom. The van der Waals surface area contributed by atoms with Gasteiger partial charge in [-0.2, -0.15) is 5.10 Å². The predicted molar refractivity (Wildman–Crippen MR) is 121 cm³/mol. The summed E-state index contributed by atoms with van der Waals surface area (Å²) in [5.74, 6) is -0.857. The van der Waals surface area contributed by atoms with Crippen LogP contribution < -0.4 is 16.4 Å². The van der Waals surface area contributed by atoms with E-state index in [0.717, 1.165) is 0 Å². The lowest BCUT2D eigenvalue weighted by Gasteiger charge is -2.11. The van der Waals surface area contributed by atoms with Gasteiger partial charge in [0.25, 0.3) is 23.1 Å². The van der Waals surface area contributed by atoms with Crippen LogP contribution in [-0.4, -0.2) is 31.7 Å². The minimum Gasteiger partial charge on any atom is -0.463 e. The summed E-state index contributed by atoms with van der Waals surface area (Å²) in [6, 6.07) is 11.6. The molecule has 5 aromatic rings. The molecule has 0 aliphatic heterocycles. The zero-order chi connectivity index (χ0) is 23.8. The lowest BCUT2D eigenvalue weighted by atomic mass is 10.1. The average Bonchev–Trinajstić information content (AvgIpc) is 3.53. The van der Waals surface area contributed by atoms with E-state index in [-0.39, 0.29) is 29.1 Å². The number of pyridine rings is 1. The summed E-state index contributed by atoms with van der Waals surface area (Å²) in [7, 11) is 0. The summed E-state index contributed by atoms with van der Waals surface area (Å²) in [4.78, 5) is 42.9. The van der Waals surface area contributed by atoms with Crippen LogP contribution in [-0.2, 0) is 6.54 Å². The Hall–Kier alpha value is -4.80. The van der Waals surface area contributed by atoms with Gasteiger partial charge in [0.05, 0.1) is 28.3 Å². The van der Waals surface area contributed by atoms with Crippen LogP contribution in [0.15, 0.2) is 62.5 Å². The van der Waals surface area contributed by atoms with Crippen LogP contribution in [0.25, 0.3) is 33.3 Å². The van der Waals surface area contributed by atoms with Gasteiger partial charge in [-0.15, -0.1) is 0 Å². The zero-order valence-electron chi connectivity index (χ0n) is 18.2. The third-order valence-corrected chi connectivity index (χ3v) is 5.31. The summed E-state index contributed by atoms with van der Waals surface area (Å²) in [5.41, 5.74) is 5.67. The number of amides is 2. The highest BCUT2D eigenvalue weighted by Crippen LogP contribution is 2.27. The van der Waals surface area contributed by atoms with Gasteiger partial charge in [0, 0.05) is 11.9 Å². The second-order valence-electron chi connectivity index (χ2n) is 7.40. The quantitative estimate of drug-likeness (QED) is 0.391. The van der Waals surface area contributed by atoms with Crippen molar-refractivity contribution in [3.8, 4) is 11.5 Å². The number of nitrogens with one attached hydrogen (secondary N) is 2. The molecule has 0 saturated heterocycles. The molecule has 0 atom stereocenters. The number of hydrazine groups is 1. The van der Waals surface area contributed by atoms with Crippen molar-refractivity contribution in [1.29, 1.82) is 0 Å². The summed E-state index contributed by atoms with van der Waals surface area (Å²) in [6.45, 7) is 3.71. The molecule has 0 radical (unpaired) electrons. The molecular weight excluding hydrogens is 440 g/mol. The molecule has 0 unspecified atom stereocenters. The largest absolute Gasteiger partial charge is 0.463 e. The number of aromatic nitrogens is 4. The van der Waals surface area contributed by atoms with E-state index in [2.05, 4.69) is 26.1 Å². The summed E-state index contributed by atoms with van der Waals surface area (Å²) >= 11 is 0. The maximum atomic E-state index is 13.1. The van der Waals surface area contributed by atoms with E-state index in [1.54, 1.807) is 50.2 Å². The number of hydrogen-bond donors (Lipinski definition) is 2. The molecule has 0 saturated carbocycles. The second-order valence-corrected chi connectivity index (χ2v) is 7.40. The van der Waals surface area contributed by atoms with E-state index in [4.69, 9.17) is 8.94 Å². The minimum atomic E-state index is -0.676. The van der Waals surface area contributed by atoms with Crippen LogP contribution in [0.1, 0.15) is 33.5 Å². The summed E-state index contributed by atoms with van der Waals surface area (Å²) < 4.78 is 11.8. The van der Waals surface area contributed by atoms with Gasteiger partial charge in [0.1, 0.15) is 5.69 Å². The first-order chi connectivity index (χ1) is 16.5.